The highest BCUT2D eigenvalue weighted by atomic mass is 35.5. The average Bonchev–Trinajstić information content (AvgIpc) is 2.27. The predicted molar refractivity (Wildman–Crippen MR) is 78.6 cm³/mol. The van der Waals surface area contributed by atoms with Gasteiger partial charge in [0.25, 0.3) is 0 Å². The number of aryl methyl sites for hydroxylation is 2. The van der Waals surface area contributed by atoms with Crippen LogP contribution in [0.3, 0.4) is 0 Å². The summed E-state index contributed by atoms with van der Waals surface area (Å²) in [5, 5.41) is 8.91. The first-order valence-electron chi connectivity index (χ1n) is 6.39. The van der Waals surface area contributed by atoms with E-state index in [9.17, 15) is 0 Å². The van der Waals surface area contributed by atoms with Crippen molar-refractivity contribution in [2.75, 3.05) is 26.7 Å². The lowest BCUT2D eigenvalue weighted by Crippen LogP contribution is -2.26. The topological polar surface area (TPSA) is 23.5 Å². The molecule has 1 aromatic rings. The van der Waals surface area contributed by atoms with Gasteiger partial charge in [-0.15, -0.1) is 11.6 Å². The molecule has 0 radical (unpaired) electrons. The van der Waals surface area contributed by atoms with Crippen molar-refractivity contribution < 1.29 is 5.11 Å². The van der Waals surface area contributed by atoms with Crippen molar-refractivity contribution in [2.45, 2.75) is 33.1 Å². The molecule has 0 spiro atoms. The summed E-state index contributed by atoms with van der Waals surface area (Å²) in [6, 6.07) is 2.22. The Labute approximate surface area is 116 Å². The molecule has 0 aliphatic rings. The number of likely N-dealkylation sites (N-methyl/N-ethyl adjacent to an activating group) is 1. The van der Waals surface area contributed by atoms with Crippen LogP contribution in [0, 0.1) is 27.7 Å². The summed E-state index contributed by atoms with van der Waals surface area (Å²) in [4.78, 5) is 2.06. The summed E-state index contributed by atoms with van der Waals surface area (Å²) in [6.45, 7) is 10.1. The van der Waals surface area contributed by atoms with Crippen LogP contribution in [-0.2, 0) is 0 Å². The van der Waals surface area contributed by atoms with Crippen LogP contribution < -0.4 is 0 Å². The molecule has 1 aromatic carbocycles. The standard InChI is InChI=1S/C15H24ClNO/c1-10-8-11(2)13(4)15(12(10)3)14(16)9-17(5)6-7-18/h8,14,18H,6-7,9H2,1-5H3. The van der Waals surface area contributed by atoms with Crippen molar-refractivity contribution in [1.29, 1.82) is 0 Å². The first-order valence-corrected chi connectivity index (χ1v) is 6.82. The number of rotatable bonds is 5. The van der Waals surface area contributed by atoms with Crippen LogP contribution in [0.25, 0.3) is 0 Å². The molecule has 0 aliphatic heterocycles. The second-order valence-corrected chi connectivity index (χ2v) is 5.65. The molecule has 18 heavy (non-hydrogen) atoms. The minimum Gasteiger partial charge on any atom is -0.395 e. The number of halogens is 1. The third-order valence-corrected chi connectivity index (χ3v) is 4.05. The van der Waals surface area contributed by atoms with E-state index in [2.05, 4.69) is 38.7 Å². The number of nitrogens with zero attached hydrogens (tertiary/aromatic N) is 1. The maximum Gasteiger partial charge on any atom is 0.0717 e. The lowest BCUT2D eigenvalue weighted by molar-refractivity contribution is 0.221. The molecule has 1 rings (SSSR count). The van der Waals surface area contributed by atoms with Crippen molar-refractivity contribution in [3.05, 3.63) is 33.9 Å². The summed E-state index contributed by atoms with van der Waals surface area (Å²) in [5.41, 5.74) is 6.41. The highest BCUT2D eigenvalue weighted by Crippen LogP contribution is 2.31. The first kappa shape index (κ1) is 15.5. The van der Waals surface area contributed by atoms with Crippen LogP contribution in [0.1, 0.15) is 33.2 Å². The van der Waals surface area contributed by atoms with Crippen molar-refractivity contribution in [1.82, 2.24) is 4.90 Å². The Hall–Kier alpha value is -0.570. The molecule has 0 aliphatic carbocycles. The summed E-state index contributed by atoms with van der Waals surface area (Å²) in [7, 11) is 1.99. The minimum absolute atomic E-state index is 0.0276. The van der Waals surface area contributed by atoms with Crippen LogP contribution in [0.5, 0.6) is 0 Å². The average molecular weight is 270 g/mol. The largest absolute Gasteiger partial charge is 0.395 e. The molecule has 0 aromatic heterocycles. The molecule has 0 heterocycles. The summed E-state index contributed by atoms with van der Waals surface area (Å²) >= 11 is 6.57. The predicted octanol–water partition coefficient (Wildman–Crippen LogP) is 3.12. The van der Waals surface area contributed by atoms with Gasteiger partial charge >= 0.3 is 0 Å². The highest BCUT2D eigenvalue weighted by Gasteiger charge is 2.17. The maximum absolute atomic E-state index is 8.93. The van der Waals surface area contributed by atoms with E-state index < -0.39 is 0 Å². The van der Waals surface area contributed by atoms with E-state index in [-0.39, 0.29) is 12.0 Å². The van der Waals surface area contributed by atoms with Crippen molar-refractivity contribution >= 4 is 11.6 Å². The number of aliphatic hydroxyl groups is 1. The minimum atomic E-state index is -0.0276. The van der Waals surface area contributed by atoms with E-state index in [1.54, 1.807) is 0 Å². The van der Waals surface area contributed by atoms with E-state index in [1.807, 2.05) is 7.05 Å². The molecule has 0 amide bonds. The Morgan fingerprint density at radius 1 is 1.17 bits per heavy atom. The van der Waals surface area contributed by atoms with E-state index in [0.717, 1.165) is 6.54 Å². The van der Waals surface area contributed by atoms with Gasteiger partial charge in [0, 0.05) is 13.1 Å². The van der Waals surface area contributed by atoms with Crippen molar-refractivity contribution in [3.8, 4) is 0 Å². The van der Waals surface area contributed by atoms with Crippen LogP contribution >= 0.6 is 11.6 Å². The summed E-state index contributed by atoms with van der Waals surface area (Å²) in [6.07, 6.45) is 0. The first-order chi connectivity index (χ1) is 8.38. The van der Waals surface area contributed by atoms with Gasteiger partial charge in [0.15, 0.2) is 0 Å². The fraction of sp³-hybridized carbons (Fsp3) is 0.600. The molecule has 2 nitrogen and oxygen atoms in total. The van der Waals surface area contributed by atoms with E-state index in [4.69, 9.17) is 16.7 Å². The molecule has 102 valence electrons. The summed E-state index contributed by atoms with van der Waals surface area (Å²) in [5.74, 6) is 0. The van der Waals surface area contributed by atoms with Crippen LogP contribution in [0.2, 0.25) is 0 Å². The molecule has 0 bridgehead atoms. The van der Waals surface area contributed by atoms with Crippen LogP contribution in [0.15, 0.2) is 6.07 Å². The van der Waals surface area contributed by atoms with Crippen LogP contribution in [0.4, 0.5) is 0 Å². The zero-order valence-corrected chi connectivity index (χ0v) is 12.8. The van der Waals surface area contributed by atoms with Gasteiger partial charge in [0.1, 0.15) is 0 Å². The molecule has 1 atom stereocenters. The van der Waals surface area contributed by atoms with Gasteiger partial charge in [-0.05, 0) is 62.6 Å². The third kappa shape index (κ3) is 3.47. The molecule has 3 heteroatoms. The monoisotopic (exact) mass is 269 g/mol. The second kappa shape index (κ2) is 6.55. The van der Waals surface area contributed by atoms with Gasteiger partial charge in [0.2, 0.25) is 0 Å². The zero-order chi connectivity index (χ0) is 13.9. The van der Waals surface area contributed by atoms with Crippen molar-refractivity contribution in [3.63, 3.8) is 0 Å². The Morgan fingerprint density at radius 3 is 2.11 bits per heavy atom. The third-order valence-electron chi connectivity index (χ3n) is 3.69. The highest BCUT2D eigenvalue weighted by molar-refractivity contribution is 6.21. The number of alkyl halides is 1. The molecular weight excluding hydrogens is 246 g/mol. The second-order valence-electron chi connectivity index (χ2n) is 5.13. The van der Waals surface area contributed by atoms with Gasteiger partial charge in [-0.2, -0.15) is 0 Å². The summed E-state index contributed by atoms with van der Waals surface area (Å²) < 4.78 is 0. The van der Waals surface area contributed by atoms with Crippen LogP contribution in [-0.4, -0.2) is 36.8 Å². The Bertz CT molecular complexity index is 391. The molecular formula is C15H24ClNO. The fourth-order valence-corrected chi connectivity index (χ4v) is 2.91. The molecule has 0 saturated carbocycles. The molecule has 1 unspecified atom stereocenters. The van der Waals surface area contributed by atoms with E-state index >= 15 is 0 Å². The fourth-order valence-electron chi connectivity index (χ4n) is 2.34. The van der Waals surface area contributed by atoms with E-state index in [0.29, 0.717) is 6.54 Å². The van der Waals surface area contributed by atoms with Gasteiger partial charge in [-0.3, -0.25) is 0 Å². The van der Waals surface area contributed by atoms with Gasteiger partial charge < -0.3 is 10.0 Å². The number of hydrogen-bond acceptors (Lipinski definition) is 2. The molecule has 0 fully saturated rings. The SMILES string of the molecule is Cc1cc(C)c(C)c(C(Cl)CN(C)CCO)c1C. The van der Waals surface area contributed by atoms with E-state index in [1.165, 1.54) is 27.8 Å². The maximum atomic E-state index is 8.93. The lowest BCUT2D eigenvalue weighted by Gasteiger charge is -2.24. The van der Waals surface area contributed by atoms with Gasteiger partial charge in [-0.1, -0.05) is 6.07 Å². The Morgan fingerprint density at radius 2 is 1.67 bits per heavy atom. The molecule has 1 N–H and O–H groups in total. The number of aliphatic hydroxyl groups excluding tert-OH is 1. The Balaban J connectivity index is 3.01. The van der Waals surface area contributed by atoms with Gasteiger partial charge in [0.05, 0.1) is 12.0 Å². The normalized spacial score (nSPS) is 13.1. The molecule has 0 saturated heterocycles. The Kier molecular flexibility index (Phi) is 5.64. The zero-order valence-electron chi connectivity index (χ0n) is 12.0. The number of hydrogen-bond donors (Lipinski definition) is 1. The van der Waals surface area contributed by atoms with Gasteiger partial charge in [-0.25, -0.2) is 0 Å². The smallest absolute Gasteiger partial charge is 0.0717 e. The van der Waals surface area contributed by atoms with Crippen molar-refractivity contribution in [2.24, 2.45) is 0 Å². The lowest BCUT2D eigenvalue weighted by atomic mass is 9.92. The number of benzene rings is 1. The quantitative estimate of drug-likeness (QED) is 0.831.